The summed E-state index contributed by atoms with van der Waals surface area (Å²) in [6, 6.07) is 0. The van der Waals surface area contributed by atoms with E-state index in [0.29, 0.717) is 6.10 Å². The fourth-order valence-corrected chi connectivity index (χ4v) is 2.83. The zero-order chi connectivity index (χ0) is 12.2. The molecule has 1 rings (SSSR count). The van der Waals surface area contributed by atoms with E-state index in [1.165, 1.54) is 25.7 Å². The van der Waals surface area contributed by atoms with Crippen LogP contribution < -0.4 is 5.32 Å². The first-order chi connectivity index (χ1) is 7.43. The summed E-state index contributed by atoms with van der Waals surface area (Å²) in [6.45, 7) is 10.2. The number of nitrogens with one attached hydrogen (secondary N) is 1. The Balaban J connectivity index is 2.37. The molecule has 16 heavy (non-hydrogen) atoms. The summed E-state index contributed by atoms with van der Waals surface area (Å²) in [5, 5.41) is 3.31. The average molecular weight is 227 g/mol. The average Bonchev–Trinajstić information content (AvgIpc) is 2.44. The predicted octanol–water partition coefficient (Wildman–Crippen LogP) is 3.22. The van der Waals surface area contributed by atoms with E-state index in [2.05, 4.69) is 33.0 Å². The summed E-state index contributed by atoms with van der Waals surface area (Å²) in [6.07, 6.45) is 5.48. The first-order valence-electron chi connectivity index (χ1n) is 6.75. The fourth-order valence-electron chi connectivity index (χ4n) is 2.83. The zero-order valence-electron chi connectivity index (χ0n) is 11.7. The Hall–Kier alpha value is -0.0800. The number of hydrogen-bond acceptors (Lipinski definition) is 2. The molecule has 0 aromatic heterocycles. The lowest BCUT2D eigenvalue weighted by molar-refractivity contribution is -0.0254. The van der Waals surface area contributed by atoms with Crippen molar-refractivity contribution in [2.24, 2.45) is 11.8 Å². The molecule has 0 amide bonds. The molecule has 0 radical (unpaired) electrons. The van der Waals surface area contributed by atoms with Crippen LogP contribution in [0.3, 0.4) is 0 Å². The van der Waals surface area contributed by atoms with Crippen LogP contribution in [0.5, 0.6) is 0 Å². The van der Waals surface area contributed by atoms with Gasteiger partial charge in [0.05, 0.1) is 11.7 Å². The molecule has 0 saturated carbocycles. The molecule has 0 aromatic rings. The van der Waals surface area contributed by atoms with Crippen LogP contribution in [0.25, 0.3) is 0 Å². The van der Waals surface area contributed by atoms with Crippen LogP contribution in [0, 0.1) is 11.8 Å². The molecular weight excluding hydrogens is 198 g/mol. The van der Waals surface area contributed by atoms with E-state index in [4.69, 9.17) is 4.74 Å². The Labute approximate surface area is 101 Å². The van der Waals surface area contributed by atoms with Crippen molar-refractivity contribution >= 4 is 0 Å². The first-order valence-corrected chi connectivity index (χ1v) is 6.75. The Morgan fingerprint density at radius 1 is 1.38 bits per heavy atom. The zero-order valence-corrected chi connectivity index (χ0v) is 11.7. The van der Waals surface area contributed by atoms with Gasteiger partial charge in [0, 0.05) is 0 Å². The van der Waals surface area contributed by atoms with Crippen molar-refractivity contribution in [2.45, 2.75) is 65.1 Å². The third kappa shape index (κ3) is 4.84. The van der Waals surface area contributed by atoms with Crippen molar-refractivity contribution in [2.75, 3.05) is 13.6 Å². The molecule has 1 fully saturated rings. The Kier molecular flexibility index (Phi) is 5.26. The molecule has 2 unspecified atom stereocenters. The van der Waals surface area contributed by atoms with Gasteiger partial charge in [-0.3, -0.25) is 0 Å². The van der Waals surface area contributed by atoms with E-state index in [1.54, 1.807) is 0 Å². The molecular formula is C14H29NO. The topological polar surface area (TPSA) is 21.3 Å². The van der Waals surface area contributed by atoms with Crippen LogP contribution >= 0.6 is 0 Å². The highest BCUT2D eigenvalue weighted by Gasteiger charge is 2.32. The summed E-state index contributed by atoms with van der Waals surface area (Å²) in [5.41, 5.74) is 0.118. The molecule has 0 spiro atoms. The van der Waals surface area contributed by atoms with Crippen LogP contribution in [0.2, 0.25) is 0 Å². The lowest BCUT2D eigenvalue weighted by atomic mass is 9.91. The summed E-state index contributed by atoms with van der Waals surface area (Å²) in [5.74, 6) is 1.55. The summed E-state index contributed by atoms with van der Waals surface area (Å²) in [7, 11) is 2.05. The molecule has 2 heteroatoms. The van der Waals surface area contributed by atoms with E-state index in [1.807, 2.05) is 7.05 Å². The molecule has 0 aromatic carbocycles. The third-order valence-electron chi connectivity index (χ3n) is 3.45. The molecule has 2 atom stereocenters. The minimum atomic E-state index is 0.118. The van der Waals surface area contributed by atoms with Gasteiger partial charge in [-0.1, -0.05) is 13.8 Å². The van der Waals surface area contributed by atoms with Gasteiger partial charge in [0.1, 0.15) is 0 Å². The van der Waals surface area contributed by atoms with Crippen molar-refractivity contribution in [1.82, 2.24) is 5.32 Å². The molecule has 1 heterocycles. The minimum Gasteiger partial charge on any atom is -0.372 e. The van der Waals surface area contributed by atoms with Crippen molar-refractivity contribution in [1.29, 1.82) is 0 Å². The largest absolute Gasteiger partial charge is 0.372 e. The second-order valence-electron chi connectivity index (χ2n) is 6.33. The quantitative estimate of drug-likeness (QED) is 0.752. The van der Waals surface area contributed by atoms with Crippen molar-refractivity contribution in [3.05, 3.63) is 0 Å². The van der Waals surface area contributed by atoms with Gasteiger partial charge in [-0.2, -0.15) is 0 Å². The van der Waals surface area contributed by atoms with Gasteiger partial charge in [0.25, 0.3) is 0 Å². The fraction of sp³-hybridized carbons (Fsp3) is 1.00. The van der Waals surface area contributed by atoms with Gasteiger partial charge in [-0.15, -0.1) is 0 Å². The number of rotatable bonds is 6. The SMILES string of the molecule is CNCC(CC(C)C)CC1CCC(C)(C)O1. The molecule has 1 aliphatic heterocycles. The van der Waals surface area contributed by atoms with Crippen molar-refractivity contribution in [3.8, 4) is 0 Å². The van der Waals surface area contributed by atoms with Gasteiger partial charge >= 0.3 is 0 Å². The first kappa shape index (κ1) is 14.0. The smallest absolute Gasteiger partial charge is 0.0631 e. The number of hydrogen-bond donors (Lipinski definition) is 1. The molecule has 1 saturated heterocycles. The second kappa shape index (κ2) is 6.02. The standard InChI is InChI=1S/C14H29NO/c1-11(2)8-12(10-15-5)9-13-6-7-14(3,4)16-13/h11-13,15H,6-10H2,1-5H3. The van der Waals surface area contributed by atoms with Crippen LogP contribution in [-0.4, -0.2) is 25.3 Å². The molecule has 1 N–H and O–H groups in total. The molecule has 0 bridgehead atoms. The Bertz CT molecular complexity index is 201. The van der Waals surface area contributed by atoms with Crippen LogP contribution in [0.4, 0.5) is 0 Å². The lowest BCUT2D eigenvalue weighted by Crippen LogP contribution is -2.26. The molecule has 96 valence electrons. The van der Waals surface area contributed by atoms with Crippen LogP contribution in [0.1, 0.15) is 53.4 Å². The summed E-state index contributed by atoms with van der Waals surface area (Å²) in [4.78, 5) is 0. The van der Waals surface area contributed by atoms with Crippen molar-refractivity contribution < 1.29 is 4.74 Å². The molecule has 2 nitrogen and oxygen atoms in total. The Morgan fingerprint density at radius 2 is 2.06 bits per heavy atom. The van der Waals surface area contributed by atoms with E-state index in [9.17, 15) is 0 Å². The maximum atomic E-state index is 6.08. The van der Waals surface area contributed by atoms with Crippen LogP contribution in [-0.2, 0) is 4.74 Å². The maximum Gasteiger partial charge on any atom is 0.0631 e. The predicted molar refractivity (Wildman–Crippen MR) is 69.7 cm³/mol. The van der Waals surface area contributed by atoms with Crippen LogP contribution in [0.15, 0.2) is 0 Å². The molecule has 0 aliphatic carbocycles. The van der Waals surface area contributed by atoms with E-state index < -0.39 is 0 Å². The van der Waals surface area contributed by atoms with Crippen molar-refractivity contribution in [3.63, 3.8) is 0 Å². The van der Waals surface area contributed by atoms with E-state index >= 15 is 0 Å². The minimum absolute atomic E-state index is 0.118. The van der Waals surface area contributed by atoms with Gasteiger partial charge < -0.3 is 10.1 Å². The van der Waals surface area contributed by atoms with E-state index in [-0.39, 0.29) is 5.60 Å². The number of ether oxygens (including phenoxy) is 1. The summed E-state index contributed by atoms with van der Waals surface area (Å²) < 4.78 is 6.08. The van der Waals surface area contributed by atoms with Gasteiger partial charge in [0.2, 0.25) is 0 Å². The Morgan fingerprint density at radius 3 is 2.50 bits per heavy atom. The summed E-state index contributed by atoms with van der Waals surface area (Å²) >= 11 is 0. The highest BCUT2D eigenvalue weighted by atomic mass is 16.5. The van der Waals surface area contributed by atoms with Gasteiger partial charge in [0.15, 0.2) is 0 Å². The molecule has 1 aliphatic rings. The highest BCUT2D eigenvalue weighted by molar-refractivity contribution is 4.82. The van der Waals surface area contributed by atoms with Gasteiger partial charge in [-0.05, 0) is 65.0 Å². The maximum absolute atomic E-state index is 6.08. The lowest BCUT2D eigenvalue weighted by Gasteiger charge is -2.24. The second-order valence-corrected chi connectivity index (χ2v) is 6.33. The van der Waals surface area contributed by atoms with Gasteiger partial charge in [-0.25, -0.2) is 0 Å². The van der Waals surface area contributed by atoms with E-state index in [0.717, 1.165) is 18.4 Å². The monoisotopic (exact) mass is 227 g/mol. The third-order valence-corrected chi connectivity index (χ3v) is 3.45. The normalized spacial score (nSPS) is 26.2. The highest BCUT2D eigenvalue weighted by Crippen LogP contribution is 2.33.